The average molecular weight is 397 g/mol. The Kier molecular flexibility index (Phi) is 5.66. The van der Waals surface area contributed by atoms with Crippen LogP contribution < -0.4 is 0 Å². The first-order valence-electron chi connectivity index (χ1n) is 7.79. The Bertz CT molecular complexity index is 792. The number of hydrogen-bond donors (Lipinski definition) is 1. The van der Waals surface area contributed by atoms with Crippen molar-refractivity contribution < 1.29 is 14.7 Å². The molecule has 5 nitrogen and oxygen atoms in total. The molecule has 0 bridgehead atoms. The van der Waals surface area contributed by atoms with Gasteiger partial charge >= 0.3 is 5.97 Å². The molecule has 25 heavy (non-hydrogen) atoms. The van der Waals surface area contributed by atoms with Gasteiger partial charge in [-0.05, 0) is 19.1 Å². The number of thiazole rings is 1. The second kappa shape index (κ2) is 7.76. The molecule has 0 spiro atoms. The van der Waals surface area contributed by atoms with Gasteiger partial charge in [-0.1, -0.05) is 23.7 Å². The molecule has 1 aliphatic heterocycles. The lowest BCUT2D eigenvalue weighted by Gasteiger charge is -2.34. The third-order valence-corrected chi connectivity index (χ3v) is 6.52. The summed E-state index contributed by atoms with van der Waals surface area (Å²) >= 11 is 8.95. The van der Waals surface area contributed by atoms with Crippen molar-refractivity contribution in [2.45, 2.75) is 19.4 Å². The Morgan fingerprint density at radius 2 is 2.08 bits per heavy atom. The van der Waals surface area contributed by atoms with Crippen LogP contribution in [0.4, 0.5) is 0 Å². The zero-order valence-corrected chi connectivity index (χ0v) is 16.0. The largest absolute Gasteiger partial charge is 0.481 e. The number of carbonyl (C=O) groups excluding carboxylic acids is 1. The zero-order chi connectivity index (χ0) is 18.0. The topological polar surface area (TPSA) is 70.5 Å². The van der Waals surface area contributed by atoms with Gasteiger partial charge in [-0.3, -0.25) is 9.59 Å². The summed E-state index contributed by atoms with van der Waals surface area (Å²) < 4.78 is 0. The molecule has 0 aliphatic carbocycles. The van der Waals surface area contributed by atoms with E-state index in [9.17, 15) is 9.59 Å². The van der Waals surface area contributed by atoms with E-state index in [-0.39, 0.29) is 18.4 Å². The summed E-state index contributed by atoms with van der Waals surface area (Å²) in [6.07, 6.45) is -0.0271. The predicted octanol–water partition coefficient (Wildman–Crippen LogP) is 3.80. The Hall–Kier alpha value is -1.57. The molecule has 2 aromatic rings. The maximum Gasteiger partial charge on any atom is 0.305 e. The van der Waals surface area contributed by atoms with Crippen molar-refractivity contribution in [2.75, 3.05) is 18.1 Å². The Morgan fingerprint density at radius 1 is 1.36 bits per heavy atom. The van der Waals surface area contributed by atoms with Gasteiger partial charge < -0.3 is 10.0 Å². The van der Waals surface area contributed by atoms with Crippen molar-refractivity contribution in [3.63, 3.8) is 0 Å². The second-order valence-electron chi connectivity index (χ2n) is 5.77. The van der Waals surface area contributed by atoms with E-state index in [4.69, 9.17) is 16.7 Å². The monoisotopic (exact) mass is 396 g/mol. The lowest BCUT2D eigenvalue weighted by atomic mass is 10.2. The number of nitrogens with zero attached hydrogens (tertiary/aromatic N) is 2. The molecule has 132 valence electrons. The minimum absolute atomic E-state index is 0.0271. The average Bonchev–Trinajstić information content (AvgIpc) is 2.96. The molecule has 1 amide bonds. The minimum atomic E-state index is -0.881. The Balaban J connectivity index is 1.86. The molecule has 8 heteroatoms. The molecule has 1 unspecified atom stereocenters. The molecule has 1 atom stereocenters. The molecule has 1 aromatic carbocycles. The molecule has 1 fully saturated rings. The molecule has 2 heterocycles. The van der Waals surface area contributed by atoms with Crippen LogP contribution in [0.25, 0.3) is 10.6 Å². The van der Waals surface area contributed by atoms with E-state index >= 15 is 0 Å². The van der Waals surface area contributed by atoms with Crippen molar-refractivity contribution in [1.82, 2.24) is 9.88 Å². The summed E-state index contributed by atoms with van der Waals surface area (Å²) in [6, 6.07) is 7.06. The fourth-order valence-electron chi connectivity index (χ4n) is 2.73. The first kappa shape index (κ1) is 18.2. The molecule has 1 N–H and O–H groups in total. The van der Waals surface area contributed by atoms with Crippen molar-refractivity contribution in [1.29, 1.82) is 0 Å². The molecule has 0 radical (unpaired) electrons. The van der Waals surface area contributed by atoms with Crippen molar-refractivity contribution >= 4 is 46.6 Å². The highest BCUT2D eigenvalue weighted by Crippen LogP contribution is 2.31. The highest BCUT2D eigenvalue weighted by Gasteiger charge is 2.31. The van der Waals surface area contributed by atoms with Gasteiger partial charge in [-0.25, -0.2) is 4.98 Å². The molecular weight excluding hydrogens is 380 g/mol. The Morgan fingerprint density at radius 3 is 2.76 bits per heavy atom. The van der Waals surface area contributed by atoms with Crippen molar-refractivity contribution in [2.24, 2.45) is 0 Å². The van der Waals surface area contributed by atoms with E-state index in [0.29, 0.717) is 27.9 Å². The number of amides is 1. The number of hydrogen-bond acceptors (Lipinski definition) is 5. The molecule has 1 saturated heterocycles. The molecule has 1 aliphatic rings. The van der Waals surface area contributed by atoms with Crippen LogP contribution in [0.1, 0.15) is 21.8 Å². The number of aromatic nitrogens is 1. The van der Waals surface area contributed by atoms with Gasteiger partial charge in [-0.15, -0.1) is 11.3 Å². The summed E-state index contributed by atoms with van der Waals surface area (Å²) in [6.45, 7) is 2.38. The number of thioether (sulfide) groups is 1. The minimum Gasteiger partial charge on any atom is -0.481 e. The summed E-state index contributed by atoms with van der Waals surface area (Å²) in [5, 5.41) is 10.5. The van der Waals surface area contributed by atoms with E-state index in [1.807, 2.05) is 19.1 Å². The predicted molar refractivity (Wildman–Crippen MR) is 102 cm³/mol. The highest BCUT2D eigenvalue weighted by molar-refractivity contribution is 7.99. The van der Waals surface area contributed by atoms with Gasteiger partial charge in [0.25, 0.3) is 5.91 Å². The number of aliphatic carboxylic acids is 1. The van der Waals surface area contributed by atoms with E-state index in [1.54, 1.807) is 28.8 Å². The van der Waals surface area contributed by atoms with Gasteiger partial charge in [-0.2, -0.15) is 11.8 Å². The second-order valence-corrected chi connectivity index (χ2v) is 8.35. The lowest BCUT2D eigenvalue weighted by Crippen LogP contribution is -2.47. The van der Waals surface area contributed by atoms with Gasteiger partial charge in [0.05, 0.1) is 18.2 Å². The van der Waals surface area contributed by atoms with Crippen LogP contribution in [0.3, 0.4) is 0 Å². The fraction of sp³-hybridized carbons (Fsp3) is 0.353. The number of carbonyl (C=O) groups is 2. The van der Waals surface area contributed by atoms with Gasteiger partial charge in [0.15, 0.2) is 0 Å². The van der Waals surface area contributed by atoms with Crippen LogP contribution in [0.2, 0.25) is 5.02 Å². The van der Waals surface area contributed by atoms with Crippen LogP contribution in [0, 0.1) is 6.92 Å². The van der Waals surface area contributed by atoms with E-state index in [2.05, 4.69) is 4.98 Å². The highest BCUT2D eigenvalue weighted by atomic mass is 35.5. The summed E-state index contributed by atoms with van der Waals surface area (Å²) in [7, 11) is 0. The van der Waals surface area contributed by atoms with Gasteiger partial charge in [0.1, 0.15) is 9.88 Å². The standard InChI is InChI=1S/C17H17ClN2O3S2/c1-10-15(25-16(19-10)11-2-4-12(18)5-3-11)17(23)20-6-7-24-9-13(20)8-14(21)22/h2-5,13H,6-9H2,1H3,(H,21,22). The van der Waals surface area contributed by atoms with Gasteiger partial charge in [0.2, 0.25) is 0 Å². The number of carboxylic acid groups (broad SMARTS) is 1. The number of rotatable bonds is 4. The number of benzene rings is 1. The van der Waals surface area contributed by atoms with Crippen LogP contribution in [-0.2, 0) is 4.79 Å². The molecule has 1 aromatic heterocycles. The normalized spacial score (nSPS) is 17.5. The van der Waals surface area contributed by atoms with E-state index < -0.39 is 5.97 Å². The van der Waals surface area contributed by atoms with Crippen LogP contribution in [-0.4, -0.2) is 51.0 Å². The number of halogens is 1. The maximum atomic E-state index is 13.0. The summed E-state index contributed by atoms with van der Waals surface area (Å²) in [4.78, 5) is 30.9. The van der Waals surface area contributed by atoms with Gasteiger partial charge in [0, 0.05) is 28.6 Å². The molecule has 3 rings (SSSR count). The van der Waals surface area contributed by atoms with E-state index in [0.717, 1.165) is 16.3 Å². The third kappa shape index (κ3) is 4.16. The Labute approximate surface area is 159 Å². The number of aryl methyl sites for hydroxylation is 1. The number of carboxylic acids is 1. The summed E-state index contributed by atoms with van der Waals surface area (Å²) in [5.41, 5.74) is 1.58. The van der Waals surface area contributed by atoms with Crippen molar-refractivity contribution in [3.8, 4) is 10.6 Å². The van der Waals surface area contributed by atoms with Crippen LogP contribution in [0.5, 0.6) is 0 Å². The smallest absolute Gasteiger partial charge is 0.305 e. The maximum absolute atomic E-state index is 13.0. The first-order chi connectivity index (χ1) is 12.0. The lowest BCUT2D eigenvalue weighted by molar-refractivity contribution is -0.138. The molecule has 0 saturated carbocycles. The quantitative estimate of drug-likeness (QED) is 0.850. The van der Waals surface area contributed by atoms with Crippen LogP contribution in [0.15, 0.2) is 24.3 Å². The SMILES string of the molecule is Cc1nc(-c2ccc(Cl)cc2)sc1C(=O)N1CCSCC1CC(=O)O. The van der Waals surface area contributed by atoms with Crippen molar-refractivity contribution in [3.05, 3.63) is 39.9 Å². The van der Waals surface area contributed by atoms with Crippen LogP contribution >= 0.6 is 34.7 Å². The molecular formula is C17H17ClN2O3S2. The third-order valence-electron chi connectivity index (χ3n) is 3.98. The van der Waals surface area contributed by atoms with E-state index in [1.165, 1.54) is 11.3 Å². The first-order valence-corrected chi connectivity index (χ1v) is 10.1. The fourth-order valence-corrected chi connectivity index (χ4v) is 4.95. The summed E-state index contributed by atoms with van der Waals surface area (Å²) in [5.74, 6) is 0.471. The zero-order valence-electron chi connectivity index (χ0n) is 13.6.